The van der Waals surface area contributed by atoms with Crippen LogP contribution < -0.4 is 5.32 Å². The average molecular weight is 415 g/mol. The topological polar surface area (TPSA) is 68.5 Å². The van der Waals surface area contributed by atoms with E-state index in [1.165, 1.54) is 0 Å². The first-order chi connectivity index (χ1) is 14.8. The number of rotatable bonds is 5. The van der Waals surface area contributed by atoms with E-state index in [1.807, 2.05) is 69.3 Å². The van der Waals surface area contributed by atoms with Crippen molar-refractivity contribution in [3.05, 3.63) is 77.0 Å². The minimum Gasteiger partial charge on any atom is -0.464 e. The van der Waals surface area contributed by atoms with Crippen LogP contribution in [-0.4, -0.2) is 18.0 Å². The lowest BCUT2D eigenvalue weighted by Gasteiger charge is -2.17. The summed E-state index contributed by atoms with van der Waals surface area (Å²) >= 11 is 0. The van der Waals surface area contributed by atoms with Crippen LogP contribution in [0.5, 0.6) is 0 Å². The molecule has 5 nitrogen and oxygen atoms in total. The van der Waals surface area contributed by atoms with Gasteiger partial charge in [0, 0.05) is 16.6 Å². The molecular weight excluding hydrogens is 390 g/mol. The molecule has 1 N–H and O–H groups in total. The molecule has 1 atom stereocenters. The molecule has 1 heterocycles. The number of aryl methyl sites for hydroxylation is 3. The number of esters is 1. The monoisotopic (exact) mass is 415 g/mol. The van der Waals surface area contributed by atoms with E-state index in [0.29, 0.717) is 0 Å². The Hall–Kier alpha value is -3.60. The predicted molar refractivity (Wildman–Crippen MR) is 122 cm³/mol. The first-order valence-corrected chi connectivity index (χ1v) is 10.3. The molecule has 0 aliphatic heterocycles. The third-order valence-corrected chi connectivity index (χ3v) is 5.48. The largest absolute Gasteiger partial charge is 0.464 e. The standard InChI is InChI=1S/C26H25NO4/c1-15-11-16(2)25(17(3)12-15)27-26(29)18(4)31-23(28)13-20-14-30-22-10-9-19-7-5-6-8-21(19)24(20)22/h5-12,14,18H,13H2,1-4H3,(H,27,29)/t18-/m1/s1. The van der Waals surface area contributed by atoms with E-state index in [4.69, 9.17) is 9.15 Å². The predicted octanol–water partition coefficient (Wildman–Crippen LogP) is 5.62. The van der Waals surface area contributed by atoms with Crippen molar-refractivity contribution >= 4 is 39.3 Å². The van der Waals surface area contributed by atoms with E-state index < -0.39 is 12.1 Å². The smallest absolute Gasteiger partial charge is 0.311 e. The van der Waals surface area contributed by atoms with Gasteiger partial charge in [-0.05, 0) is 55.7 Å². The first-order valence-electron chi connectivity index (χ1n) is 10.3. The van der Waals surface area contributed by atoms with Gasteiger partial charge in [0.1, 0.15) is 5.58 Å². The molecule has 0 unspecified atom stereocenters. The number of hydrogen-bond donors (Lipinski definition) is 1. The summed E-state index contributed by atoms with van der Waals surface area (Å²) in [5.41, 5.74) is 5.30. The minimum atomic E-state index is -0.914. The third kappa shape index (κ3) is 4.17. The molecule has 0 saturated carbocycles. The van der Waals surface area contributed by atoms with E-state index in [2.05, 4.69) is 5.32 Å². The fourth-order valence-corrected chi connectivity index (χ4v) is 4.05. The van der Waals surface area contributed by atoms with Gasteiger partial charge in [0.2, 0.25) is 0 Å². The van der Waals surface area contributed by atoms with Crippen molar-refractivity contribution in [2.45, 2.75) is 40.2 Å². The molecule has 0 saturated heterocycles. The molecule has 3 aromatic carbocycles. The lowest BCUT2D eigenvalue weighted by atomic mass is 10.0. The average Bonchev–Trinajstić information content (AvgIpc) is 3.13. The van der Waals surface area contributed by atoms with Gasteiger partial charge in [0.15, 0.2) is 6.10 Å². The Morgan fingerprint density at radius 3 is 2.48 bits per heavy atom. The molecule has 1 amide bonds. The number of carbonyl (C=O) groups is 2. The Balaban J connectivity index is 1.48. The van der Waals surface area contributed by atoms with Gasteiger partial charge < -0.3 is 14.5 Å². The van der Waals surface area contributed by atoms with E-state index in [-0.39, 0.29) is 12.3 Å². The molecule has 0 aliphatic rings. The highest BCUT2D eigenvalue weighted by atomic mass is 16.5. The maximum atomic E-state index is 12.6. The van der Waals surface area contributed by atoms with Crippen molar-refractivity contribution in [3.8, 4) is 0 Å². The van der Waals surface area contributed by atoms with E-state index >= 15 is 0 Å². The first kappa shape index (κ1) is 20.7. The number of amides is 1. The zero-order valence-corrected chi connectivity index (χ0v) is 18.1. The molecule has 158 valence electrons. The molecule has 4 aromatic rings. The maximum Gasteiger partial charge on any atom is 0.311 e. The Bertz CT molecular complexity index is 1280. The molecule has 0 bridgehead atoms. The fourth-order valence-electron chi connectivity index (χ4n) is 4.05. The summed E-state index contributed by atoms with van der Waals surface area (Å²) in [6.45, 7) is 7.48. The van der Waals surface area contributed by atoms with Crippen LogP contribution in [0.2, 0.25) is 0 Å². The van der Waals surface area contributed by atoms with Crippen molar-refractivity contribution in [2.75, 3.05) is 5.32 Å². The molecule has 5 heteroatoms. The highest BCUT2D eigenvalue weighted by Gasteiger charge is 2.21. The Morgan fingerprint density at radius 1 is 1.03 bits per heavy atom. The molecule has 31 heavy (non-hydrogen) atoms. The number of ether oxygens (including phenoxy) is 1. The van der Waals surface area contributed by atoms with Crippen molar-refractivity contribution in [3.63, 3.8) is 0 Å². The minimum absolute atomic E-state index is 0.0290. The summed E-state index contributed by atoms with van der Waals surface area (Å²) in [6.07, 6.45) is 0.700. The molecule has 0 fully saturated rings. The lowest BCUT2D eigenvalue weighted by Crippen LogP contribution is -2.31. The van der Waals surface area contributed by atoms with Crippen LogP contribution in [0.25, 0.3) is 21.7 Å². The van der Waals surface area contributed by atoms with E-state index in [9.17, 15) is 9.59 Å². The molecule has 1 aromatic heterocycles. The summed E-state index contributed by atoms with van der Waals surface area (Å²) in [7, 11) is 0. The van der Waals surface area contributed by atoms with Gasteiger partial charge in [0.05, 0.1) is 12.7 Å². The molecule has 0 aliphatic carbocycles. The van der Waals surface area contributed by atoms with Crippen molar-refractivity contribution in [1.29, 1.82) is 0 Å². The van der Waals surface area contributed by atoms with Gasteiger partial charge >= 0.3 is 5.97 Å². The number of benzene rings is 3. The summed E-state index contributed by atoms with van der Waals surface area (Å²) in [5.74, 6) is -0.832. The Morgan fingerprint density at radius 2 is 1.74 bits per heavy atom. The van der Waals surface area contributed by atoms with Gasteiger partial charge in [-0.2, -0.15) is 0 Å². The van der Waals surface area contributed by atoms with Crippen molar-refractivity contribution in [2.24, 2.45) is 0 Å². The number of fused-ring (bicyclic) bond motifs is 3. The second kappa shape index (κ2) is 8.26. The highest BCUT2D eigenvalue weighted by Crippen LogP contribution is 2.30. The van der Waals surface area contributed by atoms with Crippen LogP contribution in [0.15, 0.2) is 59.2 Å². The van der Waals surface area contributed by atoms with Crippen molar-refractivity contribution in [1.82, 2.24) is 0 Å². The van der Waals surface area contributed by atoms with Gasteiger partial charge in [0.25, 0.3) is 5.91 Å². The summed E-state index contributed by atoms with van der Waals surface area (Å²) < 4.78 is 11.1. The van der Waals surface area contributed by atoms with Crippen LogP contribution in [0.3, 0.4) is 0 Å². The number of anilines is 1. The molecule has 0 radical (unpaired) electrons. The zero-order valence-electron chi connectivity index (χ0n) is 18.1. The van der Waals surface area contributed by atoms with E-state index in [0.717, 1.165) is 49.7 Å². The molecule has 4 rings (SSSR count). The Labute approximate surface area is 181 Å². The third-order valence-electron chi connectivity index (χ3n) is 5.48. The quantitative estimate of drug-likeness (QED) is 0.429. The number of furan rings is 1. The van der Waals surface area contributed by atoms with Gasteiger partial charge in [-0.15, -0.1) is 0 Å². The van der Waals surface area contributed by atoms with Crippen LogP contribution in [-0.2, 0) is 20.7 Å². The Kier molecular flexibility index (Phi) is 5.51. The van der Waals surface area contributed by atoms with Gasteiger partial charge in [-0.3, -0.25) is 9.59 Å². The highest BCUT2D eigenvalue weighted by molar-refractivity contribution is 6.08. The van der Waals surface area contributed by atoms with Crippen LogP contribution in [0, 0.1) is 20.8 Å². The van der Waals surface area contributed by atoms with Gasteiger partial charge in [-0.1, -0.05) is 48.0 Å². The summed E-state index contributed by atoms with van der Waals surface area (Å²) in [6, 6.07) is 15.9. The number of carbonyl (C=O) groups excluding carboxylic acids is 2. The van der Waals surface area contributed by atoms with Crippen LogP contribution >= 0.6 is 0 Å². The van der Waals surface area contributed by atoms with Crippen LogP contribution in [0.4, 0.5) is 5.69 Å². The lowest BCUT2D eigenvalue weighted by molar-refractivity contribution is -0.152. The number of nitrogens with one attached hydrogen (secondary N) is 1. The SMILES string of the molecule is Cc1cc(C)c(NC(=O)[C@@H](C)OC(=O)Cc2coc3ccc4ccccc4c23)c(C)c1. The zero-order chi connectivity index (χ0) is 22.1. The van der Waals surface area contributed by atoms with Crippen LogP contribution in [0.1, 0.15) is 29.2 Å². The number of hydrogen-bond acceptors (Lipinski definition) is 4. The molecular formula is C26H25NO4. The second-order valence-electron chi connectivity index (χ2n) is 7.99. The summed E-state index contributed by atoms with van der Waals surface area (Å²) in [5, 5.41) is 5.88. The normalized spacial score (nSPS) is 12.1. The maximum absolute atomic E-state index is 12.6. The van der Waals surface area contributed by atoms with Gasteiger partial charge in [-0.25, -0.2) is 0 Å². The fraction of sp³-hybridized carbons (Fsp3) is 0.231. The van der Waals surface area contributed by atoms with Crippen molar-refractivity contribution < 1.29 is 18.7 Å². The molecule has 0 spiro atoms. The van der Waals surface area contributed by atoms with E-state index in [1.54, 1.807) is 13.2 Å². The summed E-state index contributed by atoms with van der Waals surface area (Å²) in [4.78, 5) is 25.2. The second-order valence-corrected chi connectivity index (χ2v) is 7.99.